The van der Waals surface area contributed by atoms with Crippen LogP contribution in [0.15, 0.2) is 29.6 Å². The summed E-state index contributed by atoms with van der Waals surface area (Å²) in [4.78, 5) is 4.36. The number of benzene rings is 1. The first kappa shape index (κ1) is 14.7. The fourth-order valence-corrected chi connectivity index (χ4v) is 5.56. The Morgan fingerprint density at radius 2 is 2.14 bits per heavy atom. The van der Waals surface area contributed by atoms with Crippen molar-refractivity contribution in [2.75, 3.05) is 5.75 Å². The maximum Gasteiger partial charge on any atom is 0.157 e. The fourth-order valence-electron chi connectivity index (χ4n) is 2.99. The van der Waals surface area contributed by atoms with Crippen molar-refractivity contribution in [3.63, 3.8) is 0 Å². The molecule has 0 radical (unpaired) electrons. The average molecular weight is 321 g/mol. The van der Waals surface area contributed by atoms with Gasteiger partial charge in [-0.15, -0.1) is 11.3 Å². The molecule has 3 nitrogen and oxygen atoms in total. The molecule has 0 saturated carbocycles. The van der Waals surface area contributed by atoms with Gasteiger partial charge in [-0.1, -0.05) is 24.3 Å². The molecule has 1 aliphatic carbocycles. The second-order valence-electron chi connectivity index (χ2n) is 5.55. The molecule has 112 valence electrons. The van der Waals surface area contributed by atoms with Gasteiger partial charge in [0.25, 0.3) is 0 Å². The number of nitrogens with zero attached hydrogens (tertiary/aromatic N) is 1. The number of hydrogen-bond acceptors (Lipinski definition) is 4. The molecule has 0 unspecified atom stereocenters. The summed E-state index contributed by atoms with van der Waals surface area (Å²) in [6.07, 6.45) is 3.21. The molecule has 0 saturated heterocycles. The van der Waals surface area contributed by atoms with Crippen molar-refractivity contribution in [1.29, 1.82) is 0 Å². The molecule has 0 spiro atoms. The van der Waals surface area contributed by atoms with Gasteiger partial charge in [-0.25, -0.2) is 13.4 Å². The zero-order chi connectivity index (χ0) is 14.9. The van der Waals surface area contributed by atoms with Gasteiger partial charge in [0.05, 0.1) is 21.7 Å². The van der Waals surface area contributed by atoms with E-state index in [9.17, 15) is 8.42 Å². The molecule has 1 atom stereocenters. The van der Waals surface area contributed by atoms with E-state index in [-0.39, 0.29) is 11.0 Å². The number of aromatic nitrogens is 1. The summed E-state index contributed by atoms with van der Waals surface area (Å²) in [6.45, 7) is 1.94. The minimum Gasteiger partial charge on any atom is -0.247 e. The van der Waals surface area contributed by atoms with Crippen LogP contribution in [0.1, 0.15) is 39.9 Å². The van der Waals surface area contributed by atoms with E-state index >= 15 is 0 Å². The van der Waals surface area contributed by atoms with Crippen molar-refractivity contribution in [2.24, 2.45) is 0 Å². The van der Waals surface area contributed by atoms with Gasteiger partial charge in [0.2, 0.25) is 0 Å². The third-order valence-corrected chi connectivity index (χ3v) is 7.01. The molecule has 0 amide bonds. The predicted molar refractivity (Wildman–Crippen MR) is 86.5 cm³/mol. The number of rotatable bonds is 4. The predicted octanol–water partition coefficient (Wildman–Crippen LogP) is 3.49. The zero-order valence-corrected chi connectivity index (χ0v) is 13.7. The molecule has 1 aromatic heterocycles. The van der Waals surface area contributed by atoms with Crippen molar-refractivity contribution in [2.45, 2.75) is 37.9 Å². The third-order valence-electron chi connectivity index (χ3n) is 4.06. The maximum atomic E-state index is 12.7. The highest BCUT2D eigenvalue weighted by Gasteiger charge is 2.31. The molecule has 1 heterocycles. The van der Waals surface area contributed by atoms with E-state index < -0.39 is 9.84 Å². The fraction of sp³-hybridized carbons (Fsp3) is 0.438. The second-order valence-corrected chi connectivity index (χ2v) is 8.92. The summed E-state index contributed by atoms with van der Waals surface area (Å²) >= 11 is 1.57. The van der Waals surface area contributed by atoms with E-state index in [1.54, 1.807) is 11.3 Å². The van der Waals surface area contributed by atoms with Crippen LogP contribution in [0.5, 0.6) is 0 Å². The largest absolute Gasteiger partial charge is 0.247 e. The summed E-state index contributed by atoms with van der Waals surface area (Å²) in [6, 6.07) is 7.97. The van der Waals surface area contributed by atoms with Crippen LogP contribution in [0.25, 0.3) is 0 Å². The monoisotopic (exact) mass is 321 g/mol. The molecule has 0 bridgehead atoms. The SMILES string of the molecule is Cc1nc(CCS(=O)(=O)[C@@H]2CCCc3ccccc32)cs1. The Hall–Kier alpha value is -1.20. The van der Waals surface area contributed by atoms with E-state index in [1.807, 2.05) is 30.5 Å². The van der Waals surface area contributed by atoms with E-state index in [2.05, 4.69) is 11.1 Å². The molecule has 3 rings (SSSR count). The Morgan fingerprint density at radius 3 is 2.90 bits per heavy atom. The normalized spacial score (nSPS) is 18.4. The molecule has 0 aliphatic heterocycles. The van der Waals surface area contributed by atoms with Crippen molar-refractivity contribution in [1.82, 2.24) is 4.98 Å². The lowest BCUT2D eigenvalue weighted by atomic mass is 9.91. The first-order chi connectivity index (χ1) is 10.1. The lowest BCUT2D eigenvalue weighted by Gasteiger charge is -2.25. The highest BCUT2D eigenvalue weighted by atomic mass is 32.2. The summed E-state index contributed by atoms with van der Waals surface area (Å²) < 4.78 is 25.4. The minimum atomic E-state index is -3.12. The van der Waals surface area contributed by atoms with Crippen molar-refractivity contribution in [3.8, 4) is 0 Å². The first-order valence-corrected chi connectivity index (χ1v) is 9.86. The number of hydrogen-bond donors (Lipinski definition) is 0. The second kappa shape index (κ2) is 5.89. The summed E-state index contributed by atoms with van der Waals surface area (Å²) in [5.41, 5.74) is 3.10. The van der Waals surface area contributed by atoms with Crippen LogP contribution >= 0.6 is 11.3 Å². The molecule has 0 N–H and O–H groups in total. The van der Waals surface area contributed by atoms with Crippen LogP contribution in [0, 0.1) is 6.92 Å². The topological polar surface area (TPSA) is 47.0 Å². The average Bonchev–Trinajstić information content (AvgIpc) is 2.90. The first-order valence-electron chi connectivity index (χ1n) is 7.26. The van der Waals surface area contributed by atoms with Crippen LogP contribution in [0.4, 0.5) is 0 Å². The molecule has 2 aromatic rings. The summed E-state index contributed by atoms with van der Waals surface area (Å²) in [7, 11) is -3.12. The van der Waals surface area contributed by atoms with Gasteiger partial charge in [0, 0.05) is 11.8 Å². The van der Waals surface area contributed by atoms with Crippen molar-refractivity contribution >= 4 is 21.2 Å². The molecule has 1 aliphatic rings. The molecule has 21 heavy (non-hydrogen) atoms. The van der Waals surface area contributed by atoms with Crippen molar-refractivity contribution in [3.05, 3.63) is 51.5 Å². The Kier molecular flexibility index (Phi) is 4.13. The van der Waals surface area contributed by atoms with Gasteiger partial charge < -0.3 is 0 Å². The van der Waals surface area contributed by atoms with Gasteiger partial charge in [0.15, 0.2) is 9.84 Å². The van der Waals surface area contributed by atoms with Gasteiger partial charge in [-0.3, -0.25) is 0 Å². The standard InChI is InChI=1S/C16H19NO2S2/c1-12-17-14(11-20-12)9-10-21(18,19)16-8-4-6-13-5-2-3-7-15(13)16/h2-3,5,7,11,16H,4,6,8-10H2,1H3/t16-/m1/s1. The Balaban J connectivity index is 1.79. The zero-order valence-electron chi connectivity index (χ0n) is 12.1. The number of thiazole rings is 1. The highest BCUT2D eigenvalue weighted by molar-refractivity contribution is 7.91. The number of sulfone groups is 1. The lowest BCUT2D eigenvalue weighted by molar-refractivity contribution is 0.559. The Morgan fingerprint density at radius 1 is 1.33 bits per heavy atom. The molecular formula is C16H19NO2S2. The van der Waals surface area contributed by atoms with Crippen LogP contribution in [0.3, 0.4) is 0 Å². The van der Waals surface area contributed by atoms with Crippen molar-refractivity contribution < 1.29 is 8.42 Å². The summed E-state index contributed by atoms with van der Waals surface area (Å²) in [5.74, 6) is 0.190. The lowest BCUT2D eigenvalue weighted by Crippen LogP contribution is -2.22. The van der Waals surface area contributed by atoms with Crippen LogP contribution < -0.4 is 0 Å². The van der Waals surface area contributed by atoms with Gasteiger partial charge in [0.1, 0.15) is 0 Å². The maximum absolute atomic E-state index is 12.7. The number of aryl methyl sites for hydroxylation is 3. The number of fused-ring (bicyclic) bond motifs is 1. The summed E-state index contributed by atoms with van der Waals surface area (Å²) in [5, 5.41) is 2.62. The van der Waals surface area contributed by atoms with E-state index in [4.69, 9.17) is 0 Å². The van der Waals surface area contributed by atoms with Crippen LogP contribution in [-0.2, 0) is 22.7 Å². The van der Waals surface area contributed by atoms with Gasteiger partial charge in [-0.2, -0.15) is 0 Å². The van der Waals surface area contributed by atoms with Gasteiger partial charge in [-0.05, 0) is 37.3 Å². The Labute approximate surface area is 130 Å². The van der Waals surface area contributed by atoms with E-state index in [1.165, 1.54) is 5.56 Å². The smallest absolute Gasteiger partial charge is 0.157 e. The molecular weight excluding hydrogens is 302 g/mol. The molecule has 5 heteroatoms. The highest BCUT2D eigenvalue weighted by Crippen LogP contribution is 2.36. The van der Waals surface area contributed by atoms with Crippen LogP contribution in [-0.4, -0.2) is 19.2 Å². The third kappa shape index (κ3) is 3.19. The van der Waals surface area contributed by atoms with Gasteiger partial charge >= 0.3 is 0 Å². The quantitative estimate of drug-likeness (QED) is 0.866. The minimum absolute atomic E-state index is 0.190. The Bertz CT molecular complexity index is 734. The molecule has 0 fully saturated rings. The van der Waals surface area contributed by atoms with E-state index in [0.29, 0.717) is 6.42 Å². The molecule has 1 aromatic carbocycles. The van der Waals surface area contributed by atoms with E-state index in [0.717, 1.165) is 35.5 Å². The van der Waals surface area contributed by atoms with Crippen LogP contribution in [0.2, 0.25) is 0 Å².